The third-order valence-electron chi connectivity index (χ3n) is 9.28. The standard InChI is InChI=1S/C21H34O3/c1-19-6-3-4-15(19)14-12-18(22)17-13-21(23-10-11-24-21)9-8-20(17,2)16(14)5-7-19/h14-18,22H,3-13H2,1-2H3/t14-,15-,16-,17+,18-,19-,20+/m0/s1. The number of aliphatic hydroxyl groups excluding tert-OH is 1. The Labute approximate surface area is 146 Å². The van der Waals surface area contributed by atoms with Crippen LogP contribution in [-0.2, 0) is 9.47 Å². The molecule has 136 valence electrons. The lowest BCUT2D eigenvalue weighted by molar-refractivity contribution is -0.247. The van der Waals surface area contributed by atoms with Crippen molar-refractivity contribution in [2.75, 3.05) is 13.2 Å². The number of hydrogen-bond acceptors (Lipinski definition) is 3. The van der Waals surface area contributed by atoms with Gasteiger partial charge < -0.3 is 14.6 Å². The Balaban J connectivity index is 1.45. The van der Waals surface area contributed by atoms with Crippen LogP contribution < -0.4 is 0 Å². The first-order valence-electron chi connectivity index (χ1n) is 10.4. The first-order valence-corrected chi connectivity index (χ1v) is 10.4. The van der Waals surface area contributed by atoms with Crippen molar-refractivity contribution in [1.82, 2.24) is 0 Å². The van der Waals surface area contributed by atoms with Crippen LogP contribution in [0.25, 0.3) is 0 Å². The van der Waals surface area contributed by atoms with Gasteiger partial charge in [0.05, 0.1) is 19.3 Å². The Morgan fingerprint density at radius 3 is 2.46 bits per heavy atom. The zero-order valence-electron chi connectivity index (χ0n) is 15.4. The summed E-state index contributed by atoms with van der Waals surface area (Å²) in [5.41, 5.74) is 0.852. The summed E-state index contributed by atoms with van der Waals surface area (Å²) in [7, 11) is 0. The zero-order valence-corrected chi connectivity index (χ0v) is 15.4. The van der Waals surface area contributed by atoms with Crippen LogP contribution in [0, 0.1) is 34.5 Å². The predicted molar refractivity (Wildman–Crippen MR) is 92.4 cm³/mol. The number of ether oxygens (including phenoxy) is 2. The average Bonchev–Trinajstić information content (AvgIpc) is 3.16. The van der Waals surface area contributed by atoms with E-state index in [4.69, 9.17) is 9.47 Å². The van der Waals surface area contributed by atoms with Gasteiger partial charge in [-0.3, -0.25) is 0 Å². The smallest absolute Gasteiger partial charge is 0.168 e. The summed E-state index contributed by atoms with van der Waals surface area (Å²) in [5.74, 6) is 2.41. The average molecular weight is 335 g/mol. The third kappa shape index (κ3) is 2.07. The molecule has 4 aliphatic carbocycles. The summed E-state index contributed by atoms with van der Waals surface area (Å²) < 4.78 is 12.0. The van der Waals surface area contributed by atoms with Crippen molar-refractivity contribution in [2.45, 2.75) is 83.5 Å². The number of hydrogen-bond donors (Lipinski definition) is 1. The zero-order chi connectivity index (χ0) is 16.6. The molecule has 0 radical (unpaired) electrons. The van der Waals surface area contributed by atoms with E-state index in [1.54, 1.807) is 0 Å². The Hall–Kier alpha value is -0.120. The molecule has 24 heavy (non-hydrogen) atoms. The van der Waals surface area contributed by atoms with Crippen molar-refractivity contribution in [2.24, 2.45) is 34.5 Å². The van der Waals surface area contributed by atoms with Crippen LogP contribution >= 0.6 is 0 Å². The molecule has 1 N–H and O–H groups in total. The Morgan fingerprint density at radius 1 is 0.875 bits per heavy atom. The second kappa shape index (κ2) is 5.20. The summed E-state index contributed by atoms with van der Waals surface area (Å²) in [6.45, 7) is 6.49. The molecule has 0 aromatic heterocycles. The van der Waals surface area contributed by atoms with Crippen molar-refractivity contribution < 1.29 is 14.6 Å². The normalized spacial score (nSPS) is 55.9. The van der Waals surface area contributed by atoms with Gasteiger partial charge in [0, 0.05) is 12.8 Å². The van der Waals surface area contributed by atoms with Gasteiger partial charge in [-0.25, -0.2) is 0 Å². The highest BCUT2D eigenvalue weighted by Gasteiger charge is 2.62. The van der Waals surface area contributed by atoms with Gasteiger partial charge in [0.25, 0.3) is 0 Å². The maximum absolute atomic E-state index is 11.1. The Morgan fingerprint density at radius 2 is 1.67 bits per heavy atom. The molecular weight excluding hydrogens is 300 g/mol. The number of fused-ring (bicyclic) bond motifs is 5. The van der Waals surface area contributed by atoms with Gasteiger partial charge in [-0.05, 0) is 73.0 Å². The molecule has 0 aromatic rings. The van der Waals surface area contributed by atoms with Gasteiger partial charge >= 0.3 is 0 Å². The molecule has 5 fully saturated rings. The molecule has 3 nitrogen and oxygen atoms in total. The molecule has 4 saturated carbocycles. The highest BCUT2D eigenvalue weighted by Crippen LogP contribution is 2.67. The maximum atomic E-state index is 11.1. The van der Waals surface area contributed by atoms with Crippen LogP contribution in [0.5, 0.6) is 0 Å². The van der Waals surface area contributed by atoms with Crippen molar-refractivity contribution in [1.29, 1.82) is 0 Å². The second-order valence-electron chi connectivity index (χ2n) is 10.2. The van der Waals surface area contributed by atoms with E-state index >= 15 is 0 Å². The minimum absolute atomic E-state index is 0.163. The molecule has 5 aliphatic rings. The molecule has 1 spiro atoms. The van der Waals surface area contributed by atoms with Gasteiger partial charge in [0.1, 0.15) is 0 Å². The van der Waals surface area contributed by atoms with Crippen molar-refractivity contribution in [3.63, 3.8) is 0 Å². The number of aliphatic hydroxyl groups is 1. The van der Waals surface area contributed by atoms with Crippen LogP contribution in [0.15, 0.2) is 0 Å². The molecular formula is C21H34O3. The fraction of sp³-hybridized carbons (Fsp3) is 1.00. The van der Waals surface area contributed by atoms with E-state index in [1.165, 1.54) is 38.5 Å². The van der Waals surface area contributed by atoms with Crippen molar-refractivity contribution in [3.05, 3.63) is 0 Å². The SMILES string of the molecule is C[C@@]12CCC[C@H]1[C@@H]1C[C@H](O)[C@H]3CC4(CC[C@]3(C)[C@H]1CC2)OCCO4. The monoisotopic (exact) mass is 334 g/mol. The molecule has 0 aromatic carbocycles. The lowest BCUT2D eigenvalue weighted by Crippen LogP contribution is -2.59. The molecule has 1 aliphatic heterocycles. The van der Waals surface area contributed by atoms with Gasteiger partial charge in [-0.2, -0.15) is 0 Å². The fourth-order valence-electron chi connectivity index (χ4n) is 7.98. The van der Waals surface area contributed by atoms with Crippen LogP contribution in [-0.4, -0.2) is 30.2 Å². The van der Waals surface area contributed by atoms with Gasteiger partial charge in [0.15, 0.2) is 5.79 Å². The topological polar surface area (TPSA) is 38.7 Å². The third-order valence-corrected chi connectivity index (χ3v) is 9.28. The number of rotatable bonds is 0. The van der Waals surface area contributed by atoms with Crippen LogP contribution in [0.2, 0.25) is 0 Å². The molecule has 0 unspecified atom stereocenters. The molecule has 0 amide bonds. The summed E-state index contributed by atoms with van der Waals surface area (Å²) in [6.07, 6.45) is 11.0. The van der Waals surface area contributed by atoms with Crippen LogP contribution in [0.1, 0.15) is 71.6 Å². The second-order valence-corrected chi connectivity index (χ2v) is 10.2. The first kappa shape index (κ1) is 16.1. The van der Waals surface area contributed by atoms with E-state index in [9.17, 15) is 5.11 Å². The van der Waals surface area contributed by atoms with Crippen LogP contribution in [0.4, 0.5) is 0 Å². The van der Waals surface area contributed by atoms with Gasteiger partial charge in [-0.15, -0.1) is 0 Å². The lowest BCUT2D eigenvalue weighted by atomic mass is 9.44. The van der Waals surface area contributed by atoms with Crippen LogP contribution in [0.3, 0.4) is 0 Å². The molecule has 7 atom stereocenters. The van der Waals surface area contributed by atoms with Gasteiger partial charge in [0.2, 0.25) is 0 Å². The summed E-state index contributed by atoms with van der Waals surface area (Å²) >= 11 is 0. The lowest BCUT2D eigenvalue weighted by Gasteiger charge is -2.62. The molecule has 1 heterocycles. The Bertz CT molecular complexity index is 513. The predicted octanol–water partition coefficient (Wildman–Crippen LogP) is 4.13. The molecule has 5 rings (SSSR count). The summed E-state index contributed by atoms with van der Waals surface area (Å²) in [4.78, 5) is 0. The van der Waals surface area contributed by atoms with E-state index in [1.807, 2.05) is 0 Å². The minimum Gasteiger partial charge on any atom is -0.393 e. The van der Waals surface area contributed by atoms with Crippen molar-refractivity contribution in [3.8, 4) is 0 Å². The summed E-state index contributed by atoms with van der Waals surface area (Å²) in [6, 6.07) is 0. The molecule has 1 saturated heterocycles. The first-order chi connectivity index (χ1) is 11.5. The summed E-state index contributed by atoms with van der Waals surface area (Å²) in [5, 5.41) is 11.1. The van der Waals surface area contributed by atoms with Gasteiger partial charge in [-0.1, -0.05) is 20.3 Å². The van der Waals surface area contributed by atoms with Crippen molar-refractivity contribution >= 4 is 0 Å². The quantitative estimate of drug-likeness (QED) is 0.724. The van der Waals surface area contributed by atoms with E-state index in [0.717, 1.165) is 50.2 Å². The maximum Gasteiger partial charge on any atom is 0.168 e. The Kier molecular flexibility index (Phi) is 3.49. The highest BCUT2D eigenvalue weighted by molar-refractivity contribution is 5.10. The van der Waals surface area contributed by atoms with E-state index in [0.29, 0.717) is 11.3 Å². The molecule has 0 bridgehead atoms. The van der Waals surface area contributed by atoms with E-state index in [-0.39, 0.29) is 17.3 Å². The fourth-order valence-corrected chi connectivity index (χ4v) is 7.98. The van der Waals surface area contributed by atoms with E-state index < -0.39 is 0 Å². The molecule has 3 heteroatoms. The largest absolute Gasteiger partial charge is 0.393 e. The van der Waals surface area contributed by atoms with E-state index in [2.05, 4.69) is 13.8 Å². The minimum atomic E-state index is -0.367. The highest BCUT2D eigenvalue weighted by atomic mass is 16.7.